The van der Waals surface area contributed by atoms with Crippen LogP contribution in [-0.2, 0) is 0 Å². The van der Waals surface area contributed by atoms with Crippen LogP contribution in [0.3, 0.4) is 0 Å². The number of aromatic nitrogens is 5. The fourth-order valence-electron chi connectivity index (χ4n) is 10.4. The van der Waals surface area contributed by atoms with Gasteiger partial charge in [0.15, 0.2) is 0 Å². The molecule has 0 saturated carbocycles. The summed E-state index contributed by atoms with van der Waals surface area (Å²) in [6, 6.07) is 24.2. The van der Waals surface area contributed by atoms with E-state index < -0.39 is 5.91 Å². The maximum Gasteiger partial charge on any atom is 0.274 e. The molecule has 0 spiro atoms. The predicted molar refractivity (Wildman–Crippen MR) is 270 cm³/mol. The average Bonchev–Trinajstić information content (AvgIpc) is 4.22. The number of aromatic hydroxyl groups is 2. The first-order valence-corrected chi connectivity index (χ1v) is 23.4. The minimum atomic E-state index is -0.396. The summed E-state index contributed by atoms with van der Waals surface area (Å²) in [5, 5.41) is 31.4. The van der Waals surface area contributed by atoms with Crippen molar-refractivity contribution < 1.29 is 29.4 Å². The molecule has 7 heterocycles. The number of fused-ring (bicyclic) bond motifs is 9. The molecule has 0 unspecified atom stereocenters. The Morgan fingerprint density at radius 2 is 1.01 bits per heavy atom. The minimum absolute atomic E-state index is 0.0571. The molecular formula is C52H41Cl2N9O6. The summed E-state index contributed by atoms with van der Waals surface area (Å²) >= 11 is 12.8. The molecule has 15 nitrogen and oxygen atoms in total. The summed E-state index contributed by atoms with van der Waals surface area (Å²) in [6.45, 7) is 4.64. The van der Waals surface area contributed by atoms with Gasteiger partial charge >= 0.3 is 0 Å². The van der Waals surface area contributed by atoms with Gasteiger partial charge in [-0.2, -0.15) is 0 Å². The highest BCUT2D eigenvalue weighted by Crippen LogP contribution is 2.48. The number of phenolic OH excluding ortho intramolecular Hbond substituents is 2. The smallest absolute Gasteiger partial charge is 0.274 e. The zero-order valence-corrected chi connectivity index (χ0v) is 38.4. The summed E-state index contributed by atoms with van der Waals surface area (Å²) in [6.07, 6.45) is 3.67. The van der Waals surface area contributed by atoms with Crippen LogP contribution in [0.25, 0.3) is 54.5 Å². The van der Waals surface area contributed by atoms with Crippen LogP contribution in [0, 0.1) is 13.8 Å². The van der Waals surface area contributed by atoms with Crippen molar-refractivity contribution in [2.24, 2.45) is 0 Å². The number of hydrogen-bond acceptors (Lipinski definition) is 6. The number of carbonyl (C=O) groups excluding carboxylic acids is 4. The second-order valence-electron chi connectivity index (χ2n) is 18.0. The maximum absolute atomic E-state index is 14.0. The van der Waals surface area contributed by atoms with Gasteiger partial charge in [0, 0.05) is 122 Å². The lowest BCUT2D eigenvalue weighted by Crippen LogP contribution is -2.30. The Balaban J connectivity index is 0.728. The molecule has 2 aliphatic heterocycles. The molecule has 0 aliphatic carbocycles. The Morgan fingerprint density at radius 3 is 1.51 bits per heavy atom. The van der Waals surface area contributed by atoms with Gasteiger partial charge in [-0.1, -0.05) is 0 Å². The monoisotopic (exact) mass is 957 g/mol. The molecule has 2 aliphatic rings. The SMILES string of the molecule is Cc1c[nH]c2c(O)cc3c(c12)[C@H](CCl)CN3C(=O)c1cc2cc(NC(=O)c3ccc4[nH]c(C(=O)Nc5ccc6[nH]c(C(=O)N7C[C@@H](CCl)c8c7cc(O)c7[nH]cc(C)c87)cc6c5)cc4c3)ccc2[nH]1. The maximum atomic E-state index is 14.0. The number of aromatic amines is 5. The molecular weight excluding hydrogens is 918 g/mol. The van der Waals surface area contributed by atoms with Gasteiger partial charge in [0.25, 0.3) is 23.6 Å². The molecule has 5 aromatic heterocycles. The predicted octanol–water partition coefficient (Wildman–Crippen LogP) is 10.6. The molecule has 344 valence electrons. The van der Waals surface area contributed by atoms with Gasteiger partial charge in [-0.05, 0) is 109 Å². The van der Waals surface area contributed by atoms with Gasteiger partial charge in [-0.25, -0.2) is 0 Å². The molecule has 0 bridgehead atoms. The van der Waals surface area contributed by atoms with Crippen molar-refractivity contribution in [3.8, 4) is 11.5 Å². The van der Waals surface area contributed by atoms with Crippen LogP contribution in [0.2, 0.25) is 0 Å². The molecule has 4 amide bonds. The number of nitrogens with one attached hydrogen (secondary N) is 7. The van der Waals surface area contributed by atoms with E-state index in [1.165, 1.54) is 0 Å². The highest BCUT2D eigenvalue weighted by atomic mass is 35.5. The zero-order valence-electron chi connectivity index (χ0n) is 36.9. The second-order valence-corrected chi connectivity index (χ2v) is 18.6. The molecule has 2 atom stereocenters. The number of benzene rings is 5. The van der Waals surface area contributed by atoms with Crippen molar-refractivity contribution in [1.82, 2.24) is 24.9 Å². The van der Waals surface area contributed by atoms with Crippen molar-refractivity contribution >= 4 is 124 Å². The molecule has 10 aromatic rings. The van der Waals surface area contributed by atoms with Gasteiger partial charge in [0.1, 0.15) is 28.6 Å². The number of nitrogens with zero attached hydrogens (tertiary/aromatic N) is 2. The van der Waals surface area contributed by atoms with Crippen molar-refractivity contribution in [3.05, 3.63) is 142 Å². The molecule has 5 aromatic carbocycles. The van der Waals surface area contributed by atoms with E-state index in [9.17, 15) is 29.4 Å². The van der Waals surface area contributed by atoms with Gasteiger partial charge in [-0.15, -0.1) is 23.2 Å². The second kappa shape index (κ2) is 15.7. The molecule has 0 radical (unpaired) electrons. The first kappa shape index (κ1) is 42.2. The summed E-state index contributed by atoms with van der Waals surface area (Å²) in [5.41, 5.74) is 10.8. The molecule has 0 saturated heterocycles. The Kier molecular flexibility index (Phi) is 9.62. The van der Waals surface area contributed by atoms with Crippen LogP contribution in [0.4, 0.5) is 22.7 Å². The Labute approximate surface area is 401 Å². The highest BCUT2D eigenvalue weighted by molar-refractivity contribution is 6.20. The molecule has 9 N–H and O–H groups in total. The van der Waals surface area contributed by atoms with Gasteiger partial charge in [0.05, 0.1) is 22.4 Å². The number of H-pyrrole nitrogens is 5. The van der Waals surface area contributed by atoms with Crippen molar-refractivity contribution in [3.63, 3.8) is 0 Å². The number of rotatable bonds is 8. The Morgan fingerprint density at radius 1 is 0.580 bits per heavy atom. The normalized spacial score (nSPS) is 15.5. The standard InChI is InChI=1S/C52H41Cl2N9O6/c1-23-19-55-47-41(64)15-39-45(43(23)47)29(17-53)21-62(39)51(68)37-13-27-10-31(4-7-34(27)60-37)57-49(66)25-3-6-33-26(9-25)12-36(59-33)50(67)58-32-5-8-35-28(11-32)14-38(61-35)52(69)63-22-30(18-54)46-40(63)16-42(65)48-44(46)24(2)20-56-48/h3-16,19-20,29-30,55-56,59-61,64-65H,17-18,21-22H2,1-2H3,(H,57,66)(H,58,67)/t29-,30-/m1/s1. The van der Waals surface area contributed by atoms with Gasteiger partial charge < -0.3 is 55.6 Å². The zero-order chi connectivity index (χ0) is 47.6. The fourth-order valence-corrected chi connectivity index (χ4v) is 10.9. The van der Waals surface area contributed by atoms with E-state index >= 15 is 0 Å². The van der Waals surface area contributed by atoms with Crippen LogP contribution >= 0.6 is 23.2 Å². The topological polar surface area (TPSA) is 218 Å². The fraction of sp³-hybridized carbons (Fsp3) is 0.154. The van der Waals surface area contributed by atoms with Gasteiger partial charge in [0.2, 0.25) is 0 Å². The van der Waals surface area contributed by atoms with E-state index in [0.29, 0.717) is 103 Å². The molecule has 69 heavy (non-hydrogen) atoms. The summed E-state index contributed by atoms with van der Waals surface area (Å²) < 4.78 is 0. The van der Waals surface area contributed by atoms with Gasteiger partial charge in [-0.3, -0.25) is 19.2 Å². The van der Waals surface area contributed by atoms with Crippen LogP contribution in [0.15, 0.2) is 97.3 Å². The quantitative estimate of drug-likeness (QED) is 0.0675. The van der Waals surface area contributed by atoms with E-state index in [1.54, 1.807) is 94.7 Å². The number of hydrogen-bond donors (Lipinski definition) is 9. The third-order valence-corrected chi connectivity index (χ3v) is 14.5. The van der Waals surface area contributed by atoms with Crippen LogP contribution in [-0.4, -0.2) is 83.6 Å². The molecule has 12 rings (SSSR count). The third-order valence-electron chi connectivity index (χ3n) is 13.7. The van der Waals surface area contributed by atoms with E-state index in [1.807, 2.05) is 26.2 Å². The first-order valence-electron chi connectivity index (χ1n) is 22.3. The van der Waals surface area contributed by atoms with E-state index in [-0.39, 0.29) is 46.8 Å². The lowest BCUT2D eigenvalue weighted by Gasteiger charge is -2.17. The highest BCUT2D eigenvalue weighted by Gasteiger charge is 2.38. The van der Waals surface area contributed by atoms with Crippen molar-refractivity contribution in [1.29, 1.82) is 0 Å². The third kappa shape index (κ3) is 6.71. The number of phenols is 2. The summed E-state index contributed by atoms with van der Waals surface area (Å²) in [4.78, 5) is 74.4. The van der Waals surface area contributed by atoms with Crippen molar-refractivity contribution in [2.45, 2.75) is 25.7 Å². The lowest BCUT2D eigenvalue weighted by atomic mass is 9.97. The van der Waals surface area contributed by atoms with Crippen LogP contribution in [0.5, 0.6) is 11.5 Å². The van der Waals surface area contributed by atoms with Crippen LogP contribution in [0.1, 0.15) is 75.9 Å². The largest absolute Gasteiger partial charge is 0.506 e. The van der Waals surface area contributed by atoms with Crippen LogP contribution < -0.4 is 20.4 Å². The summed E-state index contributed by atoms with van der Waals surface area (Å²) in [5.74, 6) is -0.787. The number of carbonyl (C=O) groups is 4. The van der Waals surface area contributed by atoms with E-state index in [0.717, 1.165) is 38.4 Å². The number of aryl methyl sites for hydroxylation is 2. The molecule has 17 heteroatoms. The average molecular weight is 959 g/mol. The van der Waals surface area contributed by atoms with E-state index in [4.69, 9.17) is 23.2 Å². The minimum Gasteiger partial charge on any atom is -0.506 e. The summed E-state index contributed by atoms with van der Waals surface area (Å²) in [7, 11) is 0. The molecule has 0 fully saturated rings. The van der Waals surface area contributed by atoms with E-state index in [2.05, 4.69) is 35.6 Å². The Hall–Kier alpha value is -8.14. The Bertz CT molecular complexity index is 3650. The number of alkyl halides is 2. The van der Waals surface area contributed by atoms with Crippen molar-refractivity contribution in [2.75, 3.05) is 45.3 Å². The first-order chi connectivity index (χ1) is 33.3. The number of anilines is 4. The lowest BCUT2D eigenvalue weighted by molar-refractivity contribution is 0.0977. The number of halogens is 2. The number of amides is 4.